The van der Waals surface area contributed by atoms with Crippen LogP contribution >= 0.6 is 23.1 Å². The second-order valence-electron chi connectivity index (χ2n) is 3.87. The molecule has 2 rings (SSSR count). The Kier molecular flexibility index (Phi) is 4.20. The predicted molar refractivity (Wildman–Crippen MR) is 72.3 cm³/mol. The topological polar surface area (TPSA) is 67.6 Å². The molecule has 3 N–H and O–H groups in total. The number of thioether (sulfide) groups is 1. The molecule has 6 heteroatoms. The van der Waals surface area contributed by atoms with Gasteiger partial charge in [0.05, 0.1) is 5.25 Å². The maximum absolute atomic E-state index is 6.18. The van der Waals surface area contributed by atoms with Crippen LogP contribution in [0.15, 0.2) is 22.0 Å². The average molecular weight is 268 g/mol. The van der Waals surface area contributed by atoms with E-state index in [1.807, 2.05) is 6.92 Å². The Balaban J connectivity index is 2.17. The molecule has 0 bridgehead atoms. The van der Waals surface area contributed by atoms with Gasteiger partial charge in [0, 0.05) is 6.04 Å². The van der Waals surface area contributed by atoms with Crippen LogP contribution in [0.25, 0.3) is 0 Å². The Morgan fingerprint density at radius 1 is 1.59 bits per heavy atom. The molecule has 0 aliphatic rings. The van der Waals surface area contributed by atoms with Gasteiger partial charge in [-0.25, -0.2) is 4.98 Å². The number of aromatic amines is 1. The predicted octanol–water partition coefficient (Wildman–Crippen LogP) is 2.75. The van der Waals surface area contributed by atoms with Gasteiger partial charge in [0.25, 0.3) is 0 Å². The number of aromatic nitrogens is 3. The van der Waals surface area contributed by atoms with E-state index in [1.165, 1.54) is 5.56 Å². The van der Waals surface area contributed by atoms with Crippen molar-refractivity contribution in [1.82, 2.24) is 15.2 Å². The van der Waals surface area contributed by atoms with E-state index in [0.717, 1.165) is 17.4 Å². The highest BCUT2D eigenvalue weighted by atomic mass is 32.2. The second kappa shape index (κ2) is 5.66. The van der Waals surface area contributed by atoms with Crippen LogP contribution in [0.3, 0.4) is 0 Å². The molecule has 0 aromatic carbocycles. The van der Waals surface area contributed by atoms with Crippen molar-refractivity contribution in [2.45, 2.75) is 36.7 Å². The van der Waals surface area contributed by atoms with E-state index in [9.17, 15) is 0 Å². The monoisotopic (exact) mass is 268 g/mol. The first-order valence-electron chi connectivity index (χ1n) is 5.54. The van der Waals surface area contributed by atoms with E-state index in [2.05, 4.69) is 38.9 Å². The summed E-state index contributed by atoms with van der Waals surface area (Å²) in [5.41, 5.74) is 7.44. The molecule has 2 atom stereocenters. The third-order valence-electron chi connectivity index (χ3n) is 2.54. The standard InChI is InChI=1S/C11H16N4S2/c1-3-9(12)10(8-4-5-16-6-8)17-11-13-7(2)14-15-11/h4-6,9-10H,3,12H2,1-2H3,(H,13,14,15). The lowest BCUT2D eigenvalue weighted by atomic mass is 10.1. The van der Waals surface area contributed by atoms with Crippen molar-refractivity contribution in [3.05, 3.63) is 28.2 Å². The largest absolute Gasteiger partial charge is 0.326 e. The van der Waals surface area contributed by atoms with Gasteiger partial charge in [0.1, 0.15) is 5.82 Å². The molecule has 0 radical (unpaired) electrons. The van der Waals surface area contributed by atoms with Crippen LogP contribution in [-0.4, -0.2) is 21.2 Å². The van der Waals surface area contributed by atoms with Crippen molar-refractivity contribution in [2.24, 2.45) is 5.73 Å². The van der Waals surface area contributed by atoms with Gasteiger partial charge in [-0.15, -0.1) is 5.10 Å². The Hall–Kier alpha value is -0.850. The summed E-state index contributed by atoms with van der Waals surface area (Å²) < 4.78 is 0. The normalized spacial score (nSPS) is 14.8. The maximum atomic E-state index is 6.18. The highest BCUT2D eigenvalue weighted by molar-refractivity contribution is 7.99. The number of hydrogen-bond acceptors (Lipinski definition) is 5. The summed E-state index contributed by atoms with van der Waals surface area (Å²) in [5, 5.41) is 12.2. The van der Waals surface area contributed by atoms with Crippen LogP contribution < -0.4 is 5.73 Å². The highest BCUT2D eigenvalue weighted by Crippen LogP contribution is 2.37. The molecule has 0 aliphatic carbocycles. The quantitative estimate of drug-likeness (QED) is 0.818. The van der Waals surface area contributed by atoms with Crippen molar-refractivity contribution in [2.75, 3.05) is 0 Å². The second-order valence-corrected chi connectivity index (χ2v) is 5.76. The Morgan fingerprint density at radius 3 is 2.94 bits per heavy atom. The first-order chi connectivity index (χ1) is 8.20. The van der Waals surface area contributed by atoms with E-state index in [1.54, 1.807) is 23.1 Å². The molecule has 0 amide bonds. The molecule has 2 aromatic heterocycles. The first kappa shape index (κ1) is 12.6. The molecule has 17 heavy (non-hydrogen) atoms. The van der Waals surface area contributed by atoms with Crippen LogP contribution in [0.2, 0.25) is 0 Å². The van der Waals surface area contributed by atoms with Crippen molar-refractivity contribution >= 4 is 23.1 Å². The van der Waals surface area contributed by atoms with Gasteiger partial charge in [-0.3, -0.25) is 5.10 Å². The molecule has 4 nitrogen and oxygen atoms in total. The van der Waals surface area contributed by atoms with E-state index in [-0.39, 0.29) is 11.3 Å². The number of aryl methyl sites for hydroxylation is 1. The number of nitrogens with one attached hydrogen (secondary N) is 1. The molecule has 2 unspecified atom stereocenters. The Bertz CT molecular complexity index is 452. The van der Waals surface area contributed by atoms with Gasteiger partial charge in [0.15, 0.2) is 0 Å². The molecule has 2 aromatic rings. The molecule has 0 fully saturated rings. The fourth-order valence-corrected chi connectivity index (χ4v) is 3.49. The van der Waals surface area contributed by atoms with Gasteiger partial charge in [0.2, 0.25) is 5.16 Å². The van der Waals surface area contributed by atoms with Gasteiger partial charge in [-0.05, 0) is 35.7 Å². The summed E-state index contributed by atoms with van der Waals surface area (Å²) in [6, 6.07) is 2.24. The van der Waals surface area contributed by atoms with E-state index < -0.39 is 0 Å². The zero-order chi connectivity index (χ0) is 12.3. The number of thiophene rings is 1. The molecule has 2 heterocycles. The lowest BCUT2D eigenvalue weighted by Crippen LogP contribution is -2.25. The highest BCUT2D eigenvalue weighted by Gasteiger charge is 2.22. The van der Waals surface area contributed by atoms with Gasteiger partial charge >= 0.3 is 0 Å². The Morgan fingerprint density at radius 2 is 2.41 bits per heavy atom. The van der Waals surface area contributed by atoms with E-state index in [0.29, 0.717) is 0 Å². The van der Waals surface area contributed by atoms with E-state index >= 15 is 0 Å². The van der Waals surface area contributed by atoms with Crippen molar-refractivity contribution in [3.63, 3.8) is 0 Å². The first-order valence-corrected chi connectivity index (χ1v) is 7.36. The summed E-state index contributed by atoms with van der Waals surface area (Å²) in [7, 11) is 0. The van der Waals surface area contributed by atoms with Crippen LogP contribution in [0, 0.1) is 6.92 Å². The van der Waals surface area contributed by atoms with Gasteiger partial charge in [-0.1, -0.05) is 18.7 Å². The van der Waals surface area contributed by atoms with E-state index in [4.69, 9.17) is 5.73 Å². The van der Waals surface area contributed by atoms with Crippen molar-refractivity contribution in [3.8, 4) is 0 Å². The lowest BCUT2D eigenvalue weighted by molar-refractivity contribution is 0.634. The number of nitrogens with two attached hydrogens (primary N) is 1. The van der Waals surface area contributed by atoms with Crippen molar-refractivity contribution < 1.29 is 0 Å². The third-order valence-corrected chi connectivity index (χ3v) is 4.51. The molecule has 0 aliphatic heterocycles. The van der Waals surface area contributed by atoms with Crippen molar-refractivity contribution in [1.29, 1.82) is 0 Å². The minimum absolute atomic E-state index is 0.119. The van der Waals surface area contributed by atoms with Crippen LogP contribution in [-0.2, 0) is 0 Å². The Labute approximate surface area is 109 Å². The third kappa shape index (κ3) is 3.08. The zero-order valence-electron chi connectivity index (χ0n) is 9.88. The number of hydrogen-bond donors (Lipinski definition) is 2. The summed E-state index contributed by atoms with van der Waals surface area (Å²) >= 11 is 3.32. The molecular formula is C11H16N4S2. The number of H-pyrrole nitrogens is 1. The smallest absolute Gasteiger partial charge is 0.209 e. The average Bonchev–Trinajstić information content (AvgIpc) is 2.96. The molecular weight excluding hydrogens is 252 g/mol. The molecule has 0 saturated carbocycles. The lowest BCUT2D eigenvalue weighted by Gasteiger charge is -2.20. The summed E-state index contributed by atoms with van der Waals surface area (Å²) in [5.74, 6) is 0.835. The van der Waals surface area contributed by atoms with Crippen LogP contribution in [0.5, 0.6) is 0 Å². The summed E-state index contributed by atoms with van der Waals surface area (Å²) in [6.07, 6.45) is 0.941. The molecule has 0 saturated heterocycles. The van der Waals surface area contributed by atoms with Crippen LogP contribution in [0.4, 0.5) is 0 Å². The fourth-order valence-electron chi connectivity index (χ4n) is 1.54. The van der Waals surface area contributed by atoms with Crippen LogP contribution in [0.1, 0.15) is 30.0 Å². The molecule has 92 valence electrons. The molecule has 0 spiro atoms. The minimum atomic E-state index is 0.119. The zero-order valence-corrected chi connectivity index (χ0v) is 11.5. The SMILES string of the molecule is CCC(N)C(Sc1n[nH]c(C)n1)c1ccsc1. The number of rotatable bonds is 5. The fraction of sp³-hybridized carbons (Fsp3) is 0.455. The minimum Gasteiger partial charge on any atom is -0.326 e. The maximum Gasteiger partial charge on any atom is 0.209 e. The summed E-state index contributed by atoms with van der Waals surface area (Å²) in [6.45, 7) is 4.00. The van der Waals surface area contributed by atoms with Gasteiger partial charge in [-0.2, -0.15) is 11.3 Å². The van der Waals surface area contributed by atoms with Gasteiger partial charge < -0.3 is 5.73 Å². The number of nitrogens with zero attached hydrogens (tertiary/aromatic N) is 2. The summed E-state index contributed by atoms with van der Waals surface area (Å²) in [4.78, 5) is 4.32.